The summed E-state index contributed by atoms with van der Waals surface area (Å²) < 4.78 is 15.3. The van der Waals surface area contributed by atoms with Crippen molar-refractivity contribution in [3.05, 3.63) is 94.6 Å². The van der Waals surface area contributed by atoms with Crippen molar-refractivity contribution in [3.8, 4) is 5.69 Å². The number of para-hydroxylation sites is 1. The van der Waals surface area contributed by atoms with Gasteiger partial charge < -0.3 is 4.57 Å². The number of carbonyl (C=O) groups excluding carboxylic acids is 1. The summed E-state index contributed by atoms with van der Waals surface area (Å²) in [5.74, 6) is -0.850. The van der Waals surface area contributed by atoms with Crippen LogP contribution in [-0.2, 0) is 4.79 Å². The van der Waals surface area contributed by atoms with Gasteiger partial charge in [-0.15, -0.1) is 0 Å². The summed E-state index contributed by atoms with van der Waals surface area (Å²) in [6.07, 6.45) is 1.70. The van der Waals surface area contributed by atoms with Crippen LogP contribution in [0.3, 0.4) is 0 Å². The van der Waals surface area contributed by atoms with Crippen LogP contribution in [0.5, 0.6) is 0 Å². The summed E-state index contributed by atoms with van der Waals surface area (Å²) in [6, 6.07) is 17.9. The Morgan fingerprint density at radius 3 is 2.50 bits per heavy atom. The van der Waals surface area contributed by atoms with Crippen LogP contribution >= 0.6 is 11.8 Å². The molecule has 6 nitrogen and oxygen atoms in total. The lowest BCUT2D eigenvalue weighted by molar-refractivity contribution is -0.114. The highest BCUT2D eigenvalue weighted by Crippen LogP contribution is 2.32. The van der Waals surface area contributed by atoms with E-state index < -0.39 is 5.91 Å². The van der Waals surface area contributed by atoms with E-state index in [0.717, 1.165) is 22.6 Å². The van der Waals surface area contributed by atoms with Gasteiger partial charge in [0, 0.05) is 22.6 Å². The number of amides is 1. The molecule has 0 saturated heterocycles. The molecule has 2 aliphatic heterocycles. The van der Waals surface area contributed by atoms with E-state index in [-0.39, 0.29) is 17.2 Å². The molecule has 0 aliphatic carbocycles. The Morgan fingerprint density at radius 1 is 1.06 bits per heavy atom. The fourth-order valence-corrected chi connectivity index (χ4v) is 4.66. The Labute approximate surface area is 188 Å². The van der Waals surface area contributed by atoms with Gasteiger partial charge in [-0.25, -0.2) is 4.39 Å². The number of aromatic nitrogens is 1. The molecule has 2 aliphatic rings. The van der Waals surface area contributed by atoms with Gasteiger partial charge in [-0.05, 0) is 79.7 Å². The number of hydrogen-bond donors (Lipinski definition) is 1. The predicted molar refractivity (Wildman–Crippen MR) is 126 cm³/mol. The second-order valence-corrected chi connectivity index (χ2v) is 8.39. The van der Waals surface area contributed by atoms with Crippen molar-refractivity contribution in [2.75, 3.05) is 0 Å². The van der Waals surface area contributed by atoms with Crippen molar-refractivity contribution in [2.24, 2.45) is 10.1 Å². The number of thioether (sulfide) groups is 1. The Kier molecular flexibility index (Phi) is 4.86. The molecule has 0 spiro atoms. The van der Waals surface area contributed by atoms with Gasteiger partial charge in [0.2, 0.25) is 5.17 Å². The van der Waals surface area contributed by atoms with Gasteiger partial charge in [0.15, 0.2) is 5.84 Å². The molecule has 0 atom stereocenters. The molecule has 0 unspecified atom stereocenters. The molecule has 3 heterocycles. The third-order valence-corrected chi connectivity index (χ3v) is 6.29. The topological polar surface area (TPSA) is 73.8 Å². The van der Waals surface area contributed by atoms with E-state index in [9.17, 15) is 9.18 Å². The molecule has 0 bridgehead atoms. The molecule has 32 heavy (non-hydrogen) atoms. The van der Waals surface area contributed by atoms with Crippen molar-refractivity contribution in [3.63, 3.8) is 0 Å². The Morgan fingerprint density at radius 2 is 1.78 bits per heavy atom. The lowest BCUT2D eigenvalue weighted by Gasteiger charge is -2.20. The number of nitrogens with one attached hydrogen (secondary N) is 1. The SMILES string of the molecule is Cc1cc(/C=C2/C(=N)N3N=C(c4ccc(F)cc4)SC3=NC2=O)c(C)n1-c1ccccc1. The standard InChI is InChI=1S/C24H18FN5OS/c1-14-12-17(15(2)29(14)19-6-4-3-5-7-19)13-20-21(26)30-24(27-22(20)31)32-23(28-30)16-8-10-18(25)11-9-16/h3-13,26H,1-2H3/b20-13-,26-21?. The summed E-state index contributed by atoms with van der Waals surface area (Å²) in [5.41, 5.74) is 4.72. The van der Waals surface area contributed by atoms with E-state index in [2.05, 4.69) is 14.7 Å². The minimum Gasteiger partial charge on any atom is -0.318 e. The highest BCUT2D eigenvalue weighted by molar-refractivity contribution is 8.27. The summed E-state index contributed by atoms with van der Waals surface area (Å²) >= 11 is 1.19. The Hall–Kier alpha value is -3.78. The van der Waals surface area contributed by atoms with E-state index in [4.69, 9.17) is 5.41 Å². The van der Waals surface area contributed by atoms with Crippen molar-refractivity contribution >= 4 is 39.8 Å². The molecule has 0 fully saturated rings. The number of halogens is 1. The number of hydrogen-bond acceptors (Lipinski definition) is 4. The van der Waals surface area contributed by atoms with E-state index in [1.54, 1.807) is 18.2 Å². The first-order chi connectivity index (χ1) is 15.4. The van der Waals surface area contributed by atoms with Gasteiger partial charge in [-0.1, -0.05) is 18.2 Å². The average Bonchev–Trinajstić information content (AvgIpc) is 3.33. The van der Waals surface area contributed by atoms with Crippen LogP contribution in [0, 0.1) is 25.1 Å². The lowest BCUT2D eigenvalue weighted by atomic mass is 10.1. The molecular weight excluding hydrogens is 425 g/mol. The number of aliphatic imine (C=N–C) groups is 1. The number of benzene rings is 2. The molecule has 2 aromatic carbocycles. The maximum Gasteiger partial charge on any atom is 0.283 e. The van der Waals surface area contributed by atoms with Crippen LogP contribution in [0.25, 0.3) is 11.8 Å². The molecule has 1 aromatic heterocycles. The normalized spacial score (nSPS) is 17.0. The van der Waals surface area contributed by atoms with Gasteiger partial charge in [0.1, 0.15) is 10.9 Å². The number of rotatable bonds is 3. The highest BCUT2D eigenvalue weighted by atomic mass is 32.2. The maximum atomic E-state index is 13.2. The van der Waals surface area contributed by atoms with Crippen molar-refractivity contribution < 1.29 is 9.18 Å². The van der Waals surface area contributed by atoms with E-state index >= 15 is 0 Å². The molecule has 1 amide bonds. The number of nitrogens with zero attached hydrogens (tertiary/aromatic N) is 4. The van der Waals surface area contributed by atoms with Crippen LogP contribution in [0.4, 0.5) is 4.39 Å². The number of amidine groups is 2. The smallest absolute Gasteiger partial charge is 0.283 e. The van der Waals surface area contributed by atoms with E-state index in [0.29, 0.717) is 15.8 Å². The molecular formula is C24H18FN5OS. The van der Waals surface area contributed by atoms with E-state index in [1.807, 2.05) is 50.2 Å². The molecule has 0 saturated carbocycles. The third kappa shape index (κ3) is 3.38. The van der Waals surface area contributed by atoms with Crippen LogP contribution in [0.2, 0.25) is 0 Å². The van der Waals surface area contributed by atoms with Crippen molar-refractivity contribution in [1.82, 2.24) is 9.58 Å². The van der Waals surface area contributed by atoms with E-state index in [1.165, 1.54) is 28.9 Å². The zero-order valence-corrected chi connectivity index (χ0v) is 18.2. The quantitative estimate of drug-likeness (QED) is 0.585. The van der Waals surface area contributed by atoms with Crippen molar-refractivity contribution in [2.45, 2.75) is 13.8 Å². The number of fused-ring (bicyclic) bond motifs is 1. The first-order valence-corrected chi connectivity index (χ1v) is 10.7. The largest absolute Gasteiger partial charge is 0.318 e. The first kappa shape index (κ1) is 20.1. The van der Waals surface area contributed by atoms with Crippen molar-refractivity contribution in [1.29, 1.82) is 5.41 Å². The van der Waals surface area contributed by atoms with Crippen LogP contribution in [-0.4, -0.2) is 31.5 Å². The molecule has 0 radical (unpaired) electrons. The predicted octanol–water partition coefficient (Wildman–Crippen LogP) is 4.90. The lowest BCUT2D eigenvalue weighted by Crippen LogP contribution is -2.35. The molecule has 158 valence electrons. The number of aryl methyl sites for hydroxylation is 1. The fraction of sp³-hybridized carbons (Fsp3) is 0.0833. The summed E-state index contributed by atoms with van der Waals surface area (Å²) in [6.45, 7) is 3.98. The summed E-state index contributed by atoms with van der Waals surface area (Å²) in [4.78, 5) is 16.9. The fourth-order valence-electron chi connectivity index (χ4n) is 3.76. The zero-order valence-electron chi connectivity index (χ0n) is 17.3. The number of carbonyl (C=O) groups is 1. The summed E-state index contributed by atoms with van der Waals surface area (Å²) in [5, 5.41) is 15.3. The Bertz CT molecular complexity index is 1350. The van der Waals surface area contributed by atoms with Gasteiger partial charge in [-0.3, -0.25) is 10.2 Å². The minimum atomic E-state index is -0.478. The van der Waals surface area contributed by atoms with Crippen LogP contribution in [0.1, 0.15) is 22.5 Å². The van der Waals surface area contributed by atoms with Crippen LogP contribution in [0.15, 0.2) is 76.3 Å². The minimum absolute atomic E-state index is 0.0332. The first-order valence-electron chi connectivity index (χ1n) is 9.93. The monoisotopic (exact) mass is 443 g/mol. The Balaban J connectivity index is 1.51. The maximum absolute atomic E-state index is 13.2. The van der Waals surface area contributed by atoms with Gasteiger partial charge in [-0.2, -0.15) is 15.1 Å². The molecule has 5 rings (SSSR count). The zero-order chi connectivity index (χ0) is 22.4. The van der Waals surface area contributed by atoms with Gasteiger partial charge >= 0.3 is 0 Å². The van der Waals surface area contributed by atoms with Crippen LogP contribution < -0.4 is 0 Å². The van der Waals surface area contributed by atoms with Gasteiger partial charge in [0.05, 0.1) is 5.57 Å². The average molecular weight is 444 g/mol. The van der Waals surface area contributed by atoms with Gasteiger partial charge in [0.25, 0.3) is 5.91 Å². The molecule has 3 aromatic rings. The molecule has 8 heteroatoms. The summed E-state index contributed by atoms with van der Waals surface area (Å²) in [7, 11) is 0. The third-order valence-electron chi connectivity index (χ3n) is 5.33. The highest BCUT2D eigenvalue weighted by Gasteiger charge is 2.36. The number of hydrazone groups is 1. The second-order valence-electron chi connectivity index (χ2n) is 7.43. The molecule has 1 N–H and O–H groups in total. The second kappa shape index (κ2) is 7.72.